The van der Waals surface area contributed by atoms with E-state index in [-0.39, 0.29) is 23.1 Å². The van der Waals surface area contributed by atoms with Crippen molar-refractivity contribution >= 4 is 23.2 Å². The molecule has 6 heteroatoms. The van der Waals surface area contributed by atoms with Crippen LogP contribution in [0.4, 0.5) is 10.1 Å². The summed E-state index contributed by atoms with van der Waals surface area (Å²) in [4.78, 5) is 14.5. The fraction of sp³-hybridized carbons (Fsp3) is 0.391. The molecule has 2 atom stereocenters. The second-order valence-electron chi connectivity index (χ2n) is 8.75. The van der Waals surface area contributed by atoms with Gasteiger partial charge in [0.1, 0.15) is 11.9 Å². The van der Waals surface area contributed by atoms with E-state index in [0.717, 1.165) is 0 Å². The molecular weight excluding hydrogens is 389 g/mol. The molecule has 0 saturated carbocycles. The van der Waals surface area contributed by atoms with E-state index < -0.39 is 6.04 Å². The van der Waals surface area contributed by atoms with Gasteiger partial charge in [-0.15, -0.1) is 0 Å². The normalized spacial score (nSPS) is 17.9. The molecule has 2 aromatic carbocycles. The molecule has 1 fully saturated rings. The van der Waals surface area contributed by atoms with Crippen molar-refractivity contribution in [2.24, 2.45) is 11.3 Å². The number of hydrogen-bond donors (Lipinski definition) is 1. The van der Waals surface area contributed by atoms with Gasteiger partial charge in [-0.25, -0.2) is 4.39 Å². The highest BCUT2D eigenvalue weighted by Crippen LogP contribution is 2.36. The third-order valence-electron chi connectivity index (χ3n) is 5.03. The summed E-state index contributed by atoms with van der Waals surface area (Å²) in [6.07, 6.45) is 0.353. The average Bonchev–Trinajstić information content (AvgIpc) is 2.99. The fourth-order valence-corrected chi connectivity index (χ4v) is 4.03. The lowest BCUT2D eigenvalue weighted by atomic mass is 9.91. The van der Waals surface area contributed by atoms with E-state index in [9.17, 15) is 9.18 Å². The minimum atomic E-state index is -0.394. The summed E-state index contributed by atoms with van der Waals surface area (Å²) in [5.74, 6) is -0.312. The number of nitrogens with zero attached hydrogens (tertiary/aromatic N) is 2. The zero-order chi connectivity index (χ0) is 21.2. The largest absolute Gasteiger partial charge is 0.378 e. The molecule has 1 amide bonds. The Morgan fingerprint density at radius 2 is 2.03 bits per heavy atom. The number of carbonyl (C=O) groups excluding carboxylic acids is 1. The molecule has 1 aliphatic heterocycles. The van der Waals surface area contributed by atoms with Crippen molar-refractivity contribution in [3.63, 3.8) is 0 Å². The molecule has 2 aromatic rings. The number of amides is 1. The lowest BCUT2D eigenvalue weighted by Gasteiger charge is -2.29. The van der Waals surface area contributed by atoms with Crippen molar-refractivity contribution in [1.29, 1.82) is 5.26 Å². The van der Waals surface area contributed by atoms with Gasteiger partial charge in [0, 0.05) is 36.7 Å². The maximum absolute atomic E-state index is 14.7. The van der Waals surface area contributed by atoms with Gasteiger partial charge in [0.2, 0.25) is 5.91 Å². The molecule has 0 aromatic heterocycles. The van der Waals surface area contributed by atoms with Gasteiger partial charge in [-0.05, 0) is 29.7 Å². The third kappa shape index (κ3) is 5.07. The molecular formula is C23H25ClFN3O. The number of nitrogens with one attached hydrogen (secondary N) is 1. The molecule has 0 bridgehead atoms. The lowest BCUT2D eigenvalue weighted by Crippen LogP contribution is -2.34. The van der Waals surface area contributed by atoms with Gasteiger partial charge in [0.25, 0.3) is 0 Å². The summed E-state index contributed by atoms with van der Waals surface area (Å²) in [5, 5.41) is 12.8. The highest BCUT2D eigenvalue weighted by atomic mass is 35.5. The van der Waals surface area contributed by atoms with Gasteiger partial charge in [-0.2, -0.15) is 5.26 Å². The van der Waals surface area contributed by atoms with E-state index in [2.05, 4.69) is 26.1 Å². The van der Waals surface area contributed by atoms with Crippen molar-refractivity contribution in [3.8, 4) is 6.07 Å². The van der Waals surface area contributed by atoms with E-state index in [1.807, 2.05) is 11.0 Å². The lowest BCUT2D eigenvalue weighted by molar-refractivity contribution is -0.128. The molecule has 4 nitrogen and oxygen atoms in total. The van der Waals surface area contributed by atoms with Gasteiger partial charge < -0.3 is 10.2 Å². The zero-order valence-corrected chi connectivity index (χ0v) is 17.6. The second-order valence-corrected chi connectivity index (χ2v) is 9.16. The van der Waals surface area contributed by atoms with Crippen molar-refractivity contribution in [2.75, 3.05) is 18.4 Å². The molecule has 0 spiro atoms. The van der Waals surface area contributed by atoms with Crippen LogP contribution in [-0.4, -0.2) is 23.9 Å². The number of hydrogen-bond acceptors (Lipinski definition) is 3. The summed E-state index contributed by atoms with van der Waals surface area (Å²) < 4.78 is 14.7. The first-order chi connectivity index (χ1) is 13.7. The summed E-state index contributed by atoms with van der Waals surface area (Å²) >= 11 is 6.17. The summed E-state index contributed by atoms with van der Waals surface area (Å²) in [7, 11) is 0. The Morgan fingerprint density at radius 3 is 2.66 bits per heavy atom. The number of nitriles is 1. The van der Waals surface area contributed by atoms with E-state index in [0.29, 0.717) is 41.3 Å². The van der Waals surface area contributed by atoms with Crippen LogP contribution in [0.25, 0.3) is 0 Å². The maximum Gasteiger partial charge on any atom is 0.223 e. The zero-order valence-electron chi connectivity index (χ0n) is 16.9. The van der Waals surface area contributed by atoms with Crippen LogP contribution in [0.15, 0.2) is 42.5 Å². The monoisotopic (exact) mass is 413 g/mol. The van der Waals surface area contributed by atoms with E-state index in [1.165, 1.54) is 6.07 Å². The van der Waals surface area contributed by atoms with Crippen LogP contribution in [0.2, 0.25) is 5.02 Å². The number of benzene rings is 2. The van der Waals surface area contributed by atoms with E-state index in [4.69, 9.17) is 16.9 Å². The smallest absolute Gasteiger partial charge is 0.223 e. The molecule has 1 saturated heterocycles. The van der Waals surface area contributed by atoms with Crippen LogP contribution in [0.1, 0.15) is 44.4 Å². The molecule has 1 N–H and O–H groups in total. The molecule has 29 heavy (non-hydrogen) atoms. The van der Waals surface area contributed by atoms with Crippen LogP contribution in [-0.2, 0) is 4.79 Å². The summed E-state index contributed by atoms with van der Waals surface area (Å²) in [6.45, 7) is 7.51. The Kier molecular flexibility index (Phi) is 6.14. The minimum absolute atomic E-state index is 0.00781. The third-order valence-corrected chi connectivity index (χ3v) is 5.35. The Labute approximate surface area is 176 Å². The predicted octanol–water partition coefficient (Wildman–Crippen LogP) is 5.40. The number of likely N-dealkylation sites (tertiary alicyclic amines) is 1. The van der Waals surface area contributed by atoms with Gasteiger partial charge in [0.15, 0.2) is 0 Å². The molecule has 1 aliphatic rings. The molecule has 3 rings (SSSR count). The van der Waals surface area contributed by atoms with E-state index in [1.54, 1.807) is 36.4 Å². The minimum Gasteiger partial charge on any atom is -0.378 e. The van der Waals surface area contributed by atoms with Crippen LogP contribution < -0.4 is 5.32 Å². The molecule has 0 aliphatic carbocycles. The molecule has 152 valence electrons. The van der Waals surface area contributed by atoms with Crippen molar-refractivity contribution in [1.82, 2.24) is 4.90 Å². The number of halogens is 2. The van der Waals surface area contributed by atoms with Gasteiger partial charge in [0.05, 0.1) is 16.6 Å². The number of carbonyl (C=O) groups is 1. The first-order valence-corrected chi connectivity index (χ1v) is 10.0. The molecule has 0 radical (unpaired) electrons. The first kappa shape index (κ1) is 21.1. The van der Waals surface area contributed by atoms with Crippen molar-refractivity contribution in [2.45, 2.75) is 33.2 Å². The van der Waals surface area contributed by atoms with Crippen LogP contribution in [0.5, 0.6) is 0 Å². The van der Waals surface area contributed by atoms with Gasteiger partial charge in [-0.1, -0.05) is 50.6 Å². The Bertz CT molecular complexity index is 948. The van der Waals surface area contributed by atoms with Crippen molar-refractivity contribution < 1.29 is 9.18 Å². The predicted molar refractivity (Wildman–Crippen MR) is 113 cm³/mol. The SMILES string of the molecule is CC(C)(C)CN1C[C@@H](C(Nc2ccc(C#N)c(Cl)c2)c2ccccc2F)CC1=O. The fourth-order valence-electron chi connectivity index (χ4n) is 3.80. The van der Waals surface area contributed by atoms with Gasteiger partial charge >= 0.3 is 0 Å². The highest BCUT2D eigenvalue weighted by Gasteiger charge is 2.37. The highest BCUT2D eigenvalue weighted by molar-refractivity contribution is 6.32. The average molecular weight is 414 g/mol. The summed E-state index contributed by atoms with van der Waals surface area (Å²) in [5.41, 5.74) is 1.57. The number of rotatable bonds is 5. The summed E-state index contributed by atoms with van der Waals surface area (Å²) in [6, 6.07) is 13.3. The van der Waals surface area contributed by atoms with Crippen molar-refractivity contribution in [3.05, 3.63) is 64.4 Å². The van der Waals surface area contributed by atoms with Crippen LogP contribution in [0.3, 0.4) is 0 Å². The Balaban J connectivity index is 1.91. The first-order valence-electron chi connectivity index (χ1n) is 9.66. The molecule has 1 heterocycles. The van der Waals surface area contributed by atoms with Gasteiger partial charge in [-0.3, -0.25) is 4.79 Å². The standard InChI is InChI=1S/C23H25ClFN3O/c1-23(2,3)14-28-13-16(10-21(28)29)22(18-6-4-5-7-20(18)25)27-17-9-8-15(12-26)19(24)11-17/h4-9,11,16,22,27H,10,13-14H2,1-3H3/t16-,22?/m0/s1. The van der Waals surface area contributed by atoms with Crippen LogP contribution in [0, 0.1) is 28.5 Å². The topological polar surface area (TPSA) is 56.1 Å². The quantitative estimate of drug-likeness (QED) is 0.714. The number of anilines is 1. The van der Waals surface area contributed by atoms with E-state index >= 15 is 0 Å². The second kappa shape index (κ2) is 8.42. The maximum atomic E-state index is 14.7. The Morgan fingerprint density at radius 1 is 1.31 bits per heavy atom. The Hall–Kier alpha value is -2.58. The molecule has 1 unspecified atom stereocenters. The van der Waals surface area contributed by atoms with Crippen LogP contribution >= 0.6 is 11.6 Å².